The number of halogens is 1. The van der Waals surface area contributed by atoms with Crippen LogP contribution in [0.15, 0.2) is 66.9 Å². The van der Waals surface area contributed by atoms with E-state index in [1.54, 1.807) is 18.3 Å². The Hall–Kier alpha value is -2.95. The van der Waals surface area contributed by atoms with Gasteiger partial charge in [-0.05, 0) is 42.3 Å². The van der Waals surface area contributed by atoms with Gasteiger partial charge in [-0.15, -0.1) is 0 Å². The molecule has 4 nitrogen and oxygen atoms in total. The number of anilines is 3. The quantitative estimate of drug-likeness (QED) is 0.744. The van der Waals surface area contributed by atoms with Crippen molar-refractivity contribution in [2.24, 2.45) is 0 Å². The van der Waals surface area contributed by atoms with Crippen LogP contribution in [0.4, 0.5) is 21.8 Å². The molecule has 0 fully saturated rings. The van der Waals surface area contributed by atoms with E-state index in [2.05, 4.69) is 15.3 Å². The Bertz CT molecular complexity index is 775. The molecule has 0 saturated heterocycles. The van der Waals surface area contributed by atoms with Gasteiger partial charge in [-0.2, -0.15) is 4.98 Å². The zero-order chi connectivity index (χ0) is 16.8. The zero-order valence-corrected chi connectivity index (χ0v) is 13.5. The molecule has 0 bridgehead atoms. The van der Waals surface area contributed by atoms with Crippen molar-refractivity contribution in [2.45, 2.75) is 6.42 Å². The summed E-state index contributed by atoms with van der Waals surface area (Å²) < 4.78 is 12.9. The number of benzene rings is 2. The van der Waals surface area contributed by atoms with Gasteiger partial charge in [-0.1, -0.05) is 30.3 Å². The highest BCUT2D eigenvalue weighted by Crippen LogP contribution is 2.20. The van der Waals surface area contributed by atoms with Crippen molar-refractivity contribution in [1.29, 1.82) is 0 Å². The molecular formula is C19H19FN4. The molecule has 0 unspecified atom stereocenters. The molecule has 0 aliphatic carbocycles. The summed E-state index contributed by atoms with van der Waals surface area (Å²) in [5.74, 6) is 1.19. The van der Waals surface area contributed by atoms with E-state index in [0.717, 1.165) is 30.0 Å². The second kappa shape index (κ2) is 7.55. The number of nitrogens with zero attached hydrogens (tertiary/aromatic N) is 3. The lowest BCUT2D eigenvalue weighted by Gasteiger charge is -2.17. The van der Waals surface area contributed by atoms with Crippen LogP contribution in [0.1, 0.15) is 5.56 Å². The second-order valence-corrected chi connectivity index (χ2v) is 5.44. The first-order chi connectivity index (χ1) is 11.7. The van der Waals surface area contributed by atoms with Crippen LogP contribution in [0.3, 0.4) is 0 Å². The Balaban J connectivity index is 1.62. The summed E-state index contributed by atoms with van der Waals surface area (Å²) in [6, 6.07) is 18.4. The molecule has 122 valence electrons. The molecule has 3 aromatic rings. The first kappa shape index (κ1) is 15.9. The number of rotatable bonds is 6. The Labute approximate surface area is 141 Å². The largest absolute Gasteiger partial charge is 0.370 e. The van der Waals surface area contributed by atoms with Gasteiger partial charge in [0, 0.05) is 25.5 Å². The minimum atomic E-state index is -0.212. The van der Waals surface area contributed by atoms with E-state index in [9.17, 15) is 4.39 Å². The van der Waals surface area contributed by atoms with Gasteiger partial charge in [0.15, 0.2) is 0 Å². The summed E-state index contributed by atoms with van der Waals surface area (Å²) in [5, 5.41) is 3.28. The van der Waals surface area contributed by atoms with Gasteiger partial charge in [0.2, 0.25) is 5.95 Å². The summed E-state index contributed by atoms with van der Waals surface area (Å²) in [7, 11) is 1.94. The molecule has 5 heteroatoms. The molecule has 0 amide bonds. The smallest absolute Gasteiger partial charge is 0.231 e. The number of hydrogen-bond acceptors (Lipinski definition) is 4. The van der Waals surface area contributed by atoms with Crippen LogP contribution in [0.2, 0.25) is 0 Å². The predicted molar refractivity (Wildman–Crippen MR) is 95.1 cm³/mol. The van der Waals surface area contributed by atoms with Gasteiger partial charge in [0.1, 0.15) is 11.6 Å². The molecule has 3 rings (SSSR count). The Morgan fingerprint density at radius 1 is 1.00 bits per heavy atom. The Morgan fingerprint density at radius 3 is 2.50 bits per heavy atom. The topological polar surface area (TPSA) is 41.1 Å². The van der Waals surface area contributed by atoms with E-state index in [0.29, 0.717) is 5.95 Å². The molecule has 0 saturated carbocycles. The second-order valence-electron chi connectivity index (χ2n) is 5.44. The van der Waals surface area contributed by atoms with Crippen molar-refractivity contribution in [3.05, 3.63) is 78.2 Å². The standard InChI is InChI=1S/C19H19FN4/c1-24(17-5-3-2-4-6-17)19-22-14-12-18(23-19)21-13-11-15-7-9-16(20)10-8-15/h2-10,12,14H,11,13H2,1H3,(H,21,22,23). The van der Waals surface area contributed by atoms with Gasteiger partial charge >= 0.3 is 0 Å². The third-order valence-electron chi connectivity index (χ3n) is 3.72. The van der Waals surface area contributed by atoms with Crippen molar-refractivity contribution in [2.75, 3.05) is 23.8 Å². The maximum atomic E-state index is 12.9. The normalized spacial score (nSPS) is 10.4. The molecular weight excluding hydrogens is 303 g/mol. The third-order valence-corrected chi connectivity index (χ3v) is 3.72. The van der Waals surface area contributed by atoms with Gasteiger partial charge in [-0.3, -0.25) is 0 Å². The van der Waals surface area contributed by atoms with Gasteiger partial charge < -0.3 is 10.2 Å². The molecule has 0 atom stereocenters. The van der Waals surface area contributed by atoms with E-state index in [1.807, 2.05) is 48.3 Å². The fourth-order valence-electron chi connectivity index (χ4n) is 2.36. The van der Waals surface area contributed by atoms with Gasteiger partial charge in [0.05, 0.1) is 0 Å². The minimum Gasteiger partial charge on any atom is -0.370 e. The van der Waals surface area contributed by atoms with E-state index >= 15 is 0 Å². The van der Waals surface area contributed by atoms with Crippen LogP contribution in [0.25, 0.3) is 0 Å². The van der Waals surface area contributed by atoms with Crippen molar-refractivity contribution in [3.63, 3.8) is 0 Å². The minimum absolute atomic E-state index is 0.212. The van der Waals surface area contributed by atoms with Gasteiger partial charge in [0.25, 0.3) is 0 Å². The average molecular weight is 322 g/mol. The number of para-hydroxylation sites is 1. The SMILES string of the molecule is CN(c1ccccc1)c1nccc(NCCc2ccc(F)cc2)n1. The molecule has 2 aromatic carbocycles. The maximum Gasteiger partial charge on any atom is 0.231 e. The van der Waals surface area contributed by atoms with Crippen LogP contribution in [0, 0.1) is 5.82 Å². The molecule has 0 radical (unpaired) electrons. The maximum absolute atomic E-state index is 12.9. The monoisotopic (exact) mass is 322 g/mol. The molecule has 1 N–H and O–H groups in total. The van der Waals surface area contributed by atoms with Crippen LogP contribution in [-0.4, -0.2) is 23.6 Å². The highest BCUT2D eigenvalue weighted by atomic mass is 19.1. The van der Waals surface area contributed by atoms with Gasteiger partial charge in [-0.25, -0.2) is 9.37 Å². The fourth-order valence-corrected chi connectivity index (χ4v) is 2.36. The highest BCUT2D eigenvalue weighted by Gasteiger charge is 2.07. The van der Waals surface area contributed by atoms with E-state index in [-0.39, 0.29) is 5.82 Å². The molecule has 24 heavy (non-hydrogen) atoms. The van der Waals surface area contributed by atoms with Crippen LogP contribution in [0.5, 0.6) is 0 Å². The number of nitrogens with one attached hydrogen (secondary N) is 1. The van der Waals surface area contributed by atoms with E-state index in [4.69, 9.17) is 0 Å². The Kier molecular flexibility index (Phi) is 5.01. The molecule has 1 aromatic heterocycles. The lowest BCUT2D eigenvalue weighted by molar-refractivity contribution is 0.627. The molecule has 0 aliphatic rings. The fraction of sp³-hybridized carbons (Fsp3) is 0.158. The van der Waals surface area contributed by atoms with Crippen molar-refractivity contribution >= 4 is 17.5 Å². The zero-order valence-electron chi connectivity index (χ0n) is 13.5. The molecule has 0 spiro atoms. The average Bonchev–Trinajstić information content (AvgIpc) is 2.64. The summed E-state index contributed by atoms with van der Waals surface area (Å²) in [4.78, 5) is 10.8. The summed E-state index contributed by atoms with van der Waals surface area (Å²) >= 11 is 0. The number of aromatic nitrogens is 2. The van der Waals surface area contributed by atoms with E-state index in [1.165, 1.54) is 12.1 Å². The highest BCUT2D eigenvalue weighted by molar-refractivity contribution is 5.57. The first-order valence-electron chi connectivity index (χ1n) is 7.82. The third kappa shape index (κ3) is 4.07. The molecule has 0 aliphatic heterocycles. The van der Waals surface area contributed by atoms with Crippen LogP contribution < -0.4 is 10.2 Å². The van der Waals surface area contributed by atoms with Crippen LogP contribution in [-0.2, 0) is 6.42 Å². The van der Waals surface area contributed by atoms with Crippen molar-refractivity contribution < 1.29 is 4.39 Å². The number of hydrogen-bond donors (Lipinski definition) is 1. The summed E-state index contributed by atoms with van der Waals surface area (Å²) in [6.45, 7) is 0.719. The van der Waals surface area contributed by atoms with Crippen molar-refractivity contribution in [1.82, 2.24) is 9.97 Å². The lowest BCUT2D eigenvalue weighted by atomic mass is 10.1. The lowest BCUT2D eigenvalue weighted by Crippen LogP contribution is -2.14. The van der Waals surface area contributed by atoms with E-state index < -0.39 is 0 Å². The first-order valence-corrected chi connectivity index (χ1v) is 7.82. The predicted octanol–water partition coefficient (Wildman–Crippen LogP) is 4.04. The molecule has 1 heterocycles. The van der Waals surface area contributed by atoms with Crippen LogP contribution >= 0.6 is 0 Å². The summed E-state index contributed by atoms with van der Waals surface area (Å²) in [6.07, 6.45) is 2.54. The van der Waals surface area contributed by atoms with Crippen molar-refractivity contribution in [3.8, 4) is 0 Å². The Morgan fingerprint density at radius 2 is 1.75 bits per heavy atom. The summed E-state index contributed by atoms with van der Waals surface area (Å²) in [5.41, 5.74) is 2.11.